The molecule has 132 valence electrons. The van der Waals surface area contributed by atoms with Gasteiger partial charge in [-0.2, -0.15) is 5.26 Å². The van der Waals surface area contributed by atoms with Crippen molar-refractivity contribution < 1.29 is 9.47 Å². The summed E-state index contributed by atoms with van der Waals surface area (Å²) in [5.41, 5.74) is 5.06. The first-order chi connectivity index (χ1) is 12.5. The first-order valence-corrected chi connectivity index (χ1v) is 8.36. The van der Waals surface area contributed by atoms with Crippen molar-refractivity contribution in [3.63, 3.8) is 0 Å². The highest BCUT2D eigenvalue weighted by molar-refractivity contribution is 6.34. The molecule has 1 aromatic heterocycles. The highest BCUT2D eigenvalue weighted by Gasteiger charge is 2.14. The molecule has 0 saturated carbocycles. The number of fused-ring (bicyclic) bond motifs is 1. The van der Waals surface area contributed by atoms with Crippen LogP contribution in [0, 0.1) is 25.2 Å². The van der Waals surface area contributed by atoms with Crippen LogP contribution >= 0.6 is 11.6 Å². The van der Waals surface area contributed by atoms with Gasteiger partial charge in [-0.25, -0.2) is 4.98 Å². The van der Waals surface area contributed by atoms with E-state index in [1.807, 2.05) is 26.0 Å². The molecule has 0 amide bonds. The number of halogens is 1. The topological polar surface area (TPSA) is 70.9 Å². The average Bonchev–Trinajstić information content (AvgIpc) is 3.03. The Morgan fingerprint density at radius 1 is 1.19 bits per heavy atom. The molecule has 0 aliphatic heterocycles. The number of rotatable bonds is 4. The number of benzene rings is 2. The van der Waals surface area contributed by atoms with E-state index in [1.54, 1.807) is 25.3 Å². The number of methoxy groups -OCH3 is 2. The van der Waals surface area contributed by atoms with Gasteiger partial charge in [0.2, 0.25) is 0 Å². The van der Waals surface area contributed by atoms with Crippen LogP contribution in [0.3, 0.4) is 0 Å². The number of nitriles is 1. The molecule has 1 N–H and O–H groups in total. The van der Waals surface area contributed by atoms with E-state index in [0.29, 0.717) is 33.5 Å². The third-order valence-electron chi connectivity index (χ3n) is 4.29. The second-order valence-electron chi connectivity index (χ2n) is 5.91. The number of nitrogens with zero attached hydrogens (tertiary/aromatic N) is 2. The Hall–Kier alpha value is -2.97. The van der Waals surface area contributed by atoms with E-state index >= 15 is 0 Å². The number of aromatic nitrogens is 2. The van der Waals surface area contributed by atoms with Gasteiger partial charge < -0.3 is 14.5 Å². The van der Waals surface area contributed by atoms with Gasteiger partial charge in [-0.15, -0.1) is 0 Å². The summed E-state index contributed by atoms with van der Waals surface area (Å²) < 4.78 is 10.5. The fourth-order valence-corrected chi connectivity index (χ4v) is 3.01. The average molecular weight is 368 g/mol. The minimum Gasteiger partial charge on any atom is -0.493 e. The Morgan fingerprint density at radius 3 is 2.58 bits per heavy atom. The lowest BCUT2D eigenvalue weighted by atomic mass is 10.1. The fraction of sp³-hybridized carbons (Fsp3) is 0.200. The SMILES string of the molecule is COc1ccc(/C=C(/C#N)c2nc3cc(C)c(C)cc3[nH]2)c(Cl)c1OC. The first kappa shape index (κ1) is 17.8. The van der Waals surface area contributed by atoms with Crippen molar-refractivity contribution in [1.29, 1.82) is 5.26 Å². The molecule has 0 fully saturated rings. The van der Waals surface area contributed by atoms with Gasteiger partial charge in [0.05, 0.1) is 35.8 Å². The van der Waals surface area contributed by atoms with Gasteiger partial charge in [0.1, 0.15) is 11.9 Å². The van der Waals surface area contributed by atoms with Gasteiger partial charge in [0, 0.05) is 0 Å². The molecule has 5 nitrogen and oxygen atoms in total. The molecule has 0 aliphatic carbocycles. The lowest BCUT2D eigenvalue weighted by Crippen LogP contribution is -1.93. The van der Waals surface area contributed by atoms with E-state index in [2.05, 4.69) is 16.0 Å². The molecule has 2 aromatic carbocycles. The van der Waals surface area contributed by atoms with Crippen LogP contribution < -0.4 is 9.47 Å². The van der Waals surface area contributed by atoms with Gasteiger partial charge in [0.25, 0.3) is 0 Å². The zero-order valence-electron chi connectivity index (χ0n) is 15.0. The van der Waals surface area contributed by atoms with Gasteiger partial charge >= 0.3 is 0 Å². The lowest BCUT2D eigenvalue weighted by molar-refractivity contribution is 0.355. The van der Waals surface area contributed by atoms with Crippen LogP contribution in [0.4, 0.5) is 0 Å². The van der Waals surface area contributed by atoms with Crippen molar-refractivity contribution in [1.82, 2.24) is 9.97 Å². The summed E-state index contributed by atoms with van der Waals surface area (Å²) in [6.45, 7) is 4.08. The van der Waals surface area contributed by atoms with Crippen LogP contribution in [0.2, 0.25) is 5.02 Å². The number of ether oxygens (including phenoxy) is 2. The summed E-state index contributed by atoms with van der Waals surface area (Å²) in [4.78, 5) is 7.75. The van der Waals surface area contributed by atoms with E-state index in [1.165, 1.54) is 7.11 Å². The number of aromatic amines is 1. The maximum absolute atomic E-state index is 9.62. The van der Waals surface area contributed by atoms with E-state index < -0.39 is 0 Å². The van der Waals surface area contributed by atoms with Gasteiger partial charge in [-0.05, 0) is 60.9 Å². The predicted molar refractivity (Wildman–Crippen MR) is 104 cm³/mol. The molecular formula is C20H18ClN3O2. The molecule has 26 heavy (non-hydrogen) atoms. The van der Waals surface area contributed by atoms with Crippen LogP contribution in [0.1, 0.15) is 22.5 Å². The van der Waals surface area contributed by atoms with E-state index in [0.717, 1.165) is 22.2 Å². The van der Waals surface area contributed by atoms with E-state index in [-0.39, 0.29) is 0 Å². The molecule has 0 aliphatic rings. The van der Waals surface area contributed by atoms with Crippen LogP contribution in [-0.4, -0.2) is 24.2 Å². The molecule has 0 spiro atoms. The molecule has 3 rings (SSSR count). The molecule has 0 unspecified atom stereocenters. The minimum absolute atomic E-state index is 0.377. The molecule has 0 atom stereocenters. The van der Waals surface area contributed by atoms with Crippen molar-refractivity contribution in [2.45, 2.75) is 13.8 Å². The normalized spacial score (nSPS) is 11.5. The summed E-state index contributed by atoms with van der Waals surface area (Å²) >= 11 is 6.41. The van der Waals surface area contributed by atoms with Crippen LogP contribution in [-0.2, 0) is 0 Å². The second-order valence-corrected chi connectivity index (χ2v) is 6.29. The maximum Gasteiger partial charge on any atom is 0.179 e. The number of allylic oxidation sites excluding steroid dienone is 1. The van der Waals surface area contributed by atoms with Gasteiger partial charge in [-0.1, -0.05) is 11.6 Å². The van der Waals surface area contributed by atoms with Crippen molar-refractivity contribution in [3.8, 4) is 17.6 Å². The summed E-state index contributed by atoms with van der Waals surface area (Å²) in [5, 5.41) is 9.99. The summed E-state index contributed by atoms with van der Waals surface area (Å²) in [7, 11) is 3.06. The Bertz CT molecular complexity index is 1020. The number of nitrogens with one attached hydrogen (secondary N) is 1. The number of hydrogen-bond acceptors (Lipinski definition) is 4. The Balaban J connectivity index is 2.11. The van der Waals surface area contributed by atoms with E-state index in [9.17, 15) is 5.26 Å². The van der Waals surface area contributed by atoms with Crippen LogP contribution in [0.25, 0.3) is 22.7 Å². The van der Waals surface area contributed by atoms with Crippen molar-refractivity contribution in [3.05, 3.63) is 51.8 Å². The Morgan fingerprint density at radius 2 is 1.92 bits per heavy atom. The molecule has 6 heteroatoms. The second kappa shape index (κ2) is 7.11. The first-order valence-electron chi connectivity index (χ1n) is 7.98. The maximum atomic E-state index is 9.62. The highest BCUT2D eigenvalue weighted by Crippen LogP contribution is 2.38. The zero-order valence-corrected chi connectivity index (χ0v) is 15.7. The van der Waals surface area contributed by atoms with Crippen molar-refractivity contribution >= 4 is 34.3 Å². The minimum atomic E-state index is 0.377. The zero-order chi connectivity index (χ0) is 18.8. The predicted octanol–water partition coefficient (Wildman–Crippen LogP) is 4.91. The smallest absolute Gasteiger partial charge is 0.179 e. The largest absolute Gasteiger partial charge is 0.493 e. The quantitative estimate of drug-likeness (QED) is 0.665. The number of hydrogen-bond donors (Lipinski definition) is 1. The summed E-state index contributed by atoms with van der Waals surface area (Å²) in [6, 6.07) is 9.74. The summed E-state index contributed by atoms with van der Waals surface area (Å²) in [5.74, 6) is 1.46. The highest BCUT2D eigenvalue weighted by atomic mass is 35.5. The Labute approximate surface area is 156 Å². The van der Waals surface area contributed by atoms with Crippen LogP contribution in [0.15, 0.2) is 24.3 Å². The van der Waals surface area contributed by atoms with E-state index in [4.69, 9.17) is 21.1 Å². The van der Waals surface area contributed by atoms with Crippen molar-refractivity contribution in [2.75, 3.05) is 14.2 Å². The third-order valence-corrected chi connectivity index (χ3v) is 4.68. The Kier molecular flexibility index (Phi) is 4.88. The number of H-pyrrole nitrogens is 1. The monoisotopic (exact) mass is 367 g/mol. The van der Waals surface area contributed by atoms with Gasteiger partial charge in [-0.3, -0.25) is 0 Å². The third kappa shape index (κ3) is 3.12. The lowest BCUT2D eigenvalue weighted by Gasteiger charge is -2.11. The number of imidazole rings is 1. The molecule has 1 heterocycles. The molecule has 0 saturated heterocycles. The molecular weight excluding hydrogens is 350 g/mol. The molecule has 3 aromatic rings. The molecule has 0 radical (unpaired) electrons. The van der Waals surface area contributed by atoms with Crippen molar-refractivity contribution in [2.24, 2.45) is 0 Å². The standard InChI is InChI=1S/C20H18ClN3O2/c1-11-7-15-16(8-12(11)2)24-20(23-15)14(10-22)9-13-5-6-17(25-3)19(26-4)18(13)21/h5-9H,1-4H3,(H,23,24)/b14-9-. The number of aryl methyl sites for hydroxylation is 2. The van der Waals surface area contributed by atoms with Gasteiger partial charge in [0.15, 0.2) is 11.5 Å². The fourth-order valence-electron chi connectivity index (χ4n) is 2.72. The van der Waals surface area contributed by atoms with Crippen LogP contribution in [0.5, 0.6) is 11.5 Å². The molecule has 0 bridgehead atoms. The summed E-state index contributed by atoms with van der Waals surface area (Å²) in [6.07, 6.45) is 1.68.